The Hall–Kier alpha value is -3.03. The lowest BCUT2D eigenvalue weighted by atomic mass is 9.96. The zero-order valence-electron chi connectivity index (χ0n) is 17.0. The van der Waals surface area contributed by atoms with Gasteiger partial charge in [0.05, 0.1) is 18.0 Å². The third-order valence-corrected chi connectivity index (χ3v) is 5.49. The van der Waals surface area contributed by atoms with Crippen molar-refractivity contribution in [3.05, 3.63) is 42.2 Å². The van der Waals surface area contributed by atoms with E-state index in [9.17, 15) is 4.79 Å². The summed E-state index contributed by atoms with van der Waals surface area (Å²) in [5, 5.41) is 7.55. The van der Waals surface area contributed by atoms with Crippen LogP contribution in [0.15, 0.2) is 41.7 Å². The van der Waals surface area contributed by atoms with E-state index in [0.717, 1.165) is 35.8 Å². The molecule has 4 rings (SSSR count). The van der Waals surface area contributed by atoms with Gasteiger partial charge < -0.3 is 19.9 Å². The van der Waals surface area contributed by atoms with Crippen molar-refractivity contribution < 1.29 is 9.53 Å². The number of carbonyl (C=O) groups is 1. The fourth-order valence-corrected chi connectivity index (χ4v) is 3.61. The molecule has 1 amide bonds. The van der Waals surface area contributed by atoms with E-state index in [1.165, 1.54) is 6.42 Å². The fourth-order valence-electron chi connectivity index (χ4n) is 3.61. The van der Waals surface area contributed by atoms with Gasteiger partial charge in [-0.1, -0.05) is 18.2 Å². The molecule has 1 N–H and O–H groups in total. The highest BCUT2D eigenvalue weighted by Crippen LogP contribution is 2.27. The first-order valence-electron chi connectivity index (χ1n) is 10.1. The maximum absolute atomic E-state index is 12.7. The van der Waals surface area contributed by atoms with Crippen molar-refractivity contribution in [1.29, 1.82) is 0 Å². The normalized spacial score (nSPS) is 18.0. The summed E-state index contributed by atoms with van der Waals surface area (Å²) in [7, 11) is 3.60. The number of anilines is 1. The van der Waals surface area contributed by atoms with Gasteiger partial charge in [-0.3, -0.25) is 14.5 Å². The Labute approximate surface area is 171 Å². The van der Waals surface area contributed by atoms with Crippen molar-refractivity contribution in [3.8, 4) is 5.75 Å². The molecule has 1 saturated heterocycles. The molecule has 0 spiro atoms. The number of aryl methyl sites for hydroxylation is 1. The molecule has 0 bridgehead atoms. The van der Waals surface area contributed by atoms with Crippen molar-refractivity contribution in [3.63, 3.8) is 0 Å². The van der Waals surface area contributed by atoms with E-state index >= 15 is 0 Å². The Kier molecular flexibility index (Phi) is 5.69. The van der Waals surface area contributed by atoms with Crippen LogP contribution >= 0.6 is 0 Å². The molecule has 2 fully saturated rings. The Balaban J connectivity index is 1.36. The van der Waals surface area contributed by atoms with Gasteiger partial charge in [-0.25, -0.2) is 0 Å². The number of aromatic nitrogens is 2. The number of guanidine groups is 1. The summed E-state index contributed by atoms with van der Waals surface area (Å²) in [6.07, 6.45) is 7.43. The standard InChI is InChI=1S/C21H28N6O2/c1-22-21(23-12-16-6-3-4-9-19(16)29-18-7-5-8-18)26-10-11-27(20(28)15-26)17-13-24-25(2)14-17/h3-4,6,9,13-14,18H,5,7-8,10-12,15H2,1-2H3,(H,22,23). The molecule has 154 valence electrons. The number of amides is 1. The molecule has 0 atom stereocenters. The maximum Gasteiger partial charge on any atom is 0.246 e. The number of para-hydroxylation sites is 1. The van der Waals surface area contributed by atoms with Crippen LogP contribution in [0.4, 0.5) is 5.69 Å². The molecule has 1 saturated carbocycles. The number of aliphatic imine (C=N–C) groups is 1. The van der Waals surface area contributed by atoms with E-state index < -0.39 is 0 Å². The summed E-state index contributed by atoms with van der Waals surface area (Å²) in [5.41, 5.74) is 1.93. The van der Waals surface area contributed by atoms with Crippen LogP contribution in [-0.4, -0.2) is 59.3 Å². The molecule has 2 aromatic rings. The van der Waals surface area contributed by atoms with Crippen LogP contribution < -0.4 is 15.0 Å². The van der Waals surface area contributed by atoms with Gasteiger partial charge in [0.1, 0.15) is 12.3 Å². The minimum absolute atomic E-state index is 0.0425. The van der Waals surface area contributed by atoms with Crippen LogP contribution in [0.1, 0.15) is 24.8 Å². The van der Waals surface area contributed by atoms with E-state index in [0.29, 0.717) is 25.7 Å². The van der Waals surface area contributed by atoms with Crippen molar-refractivity contribution in [2.75, 3.05) is 31.6 Å². The van der Waals surface area contributed by atoms with Crippen LogP contribution in [0.3, 0.4) is 0 Å². The van der Waals surface area contributed by atoms with Gasteiger partial charge in [0, 0.05) is 45.5 Å². The van der Waals surface area contributed by atoms with Gasteiger partial charge in [0.15, 0.2) is 5.96 Å². The van der Waals surface area contributed by atoms with Crippen LogP contribution in [0, 0.1) is 0 Å². The number of nitrogens with zero attached hydrogens (tertiary/aromatic N) is 5. The third-order valence-electron chi connectivity index (χ3n) is 5.49. The fraction of sp³-hybridized carbons (Fsp3) is 0.476. The lowest BCUT2D eigenvalue weighted by molar-refractivity contribution is -0.120. The first kappa shape index (κ1) is 19.3. The Bertz CT molecular complexity index is 889. The molecule has 2 heterocycles. The SMILES string of the molecule is CN=C(NCc1ccccc1OC1CCC1)N1CCN(c2cnn(C)c2)C(=O)C1. The summed E-state index contributed by atoms with van der Waals surface area (Å²) in [5.74, 6) is 1.70. The number of rotatable bonds is 5. The van der Waals surface area contributed by atoms with Gasteiger partial charge in [0.2, 0.25) is 5.91 Å². The molecule has 0 radical (unpaired) electrons. The largest absolute Gasteiger partial charge is 0.490 e. The molecule has 29 heavy (non-hydrogen) atoms. The highest BCUT2D eigenvalue weighted by atomic mass is 16.5. The topological polar surface area (TPSA) is 75.0 Å². The maximum atomic E-state index is 12.7. The lowest BCUT2D eigenvalue weighted by Gasteiger charge is -2.35. The molecular weight excluding hydrogens is 368 g/mol. The average molecular weight is 396 g/mol. The van der Waals surface area contributed by atoms with Crippen molar-refractivity contribution in [2.24, 2.45) is 12.0 Å². The predicted octanol–water partition coefficient (Wildman–Crippen LogP) is 1.78. The molecule has 8 nitrogen and oxygen atoms in total. The number of hydrogen-bond donors (Lipinski definition) is 1. The van der Waals surface area contributed by atoms with Gasteiger partial charge >= 0.3 is 0 Å². The summed E-state index contributed by atoms with van der Waals surface area (Å²) in [4.78, 5) is 20.8. The number of nitrogens with one attached hydrogen (secondary N) is 1. The second-order valence-electron chi connectivity index (χ2n) is 7.52. The zero-order chi connectivity index (χ0) is 20.2. The van der Waals surface area contributed by atoms with E-state index in [1.807, 2.05) is 36.3 Å². The van der Waals surface area contributed by atoms with Crippen molar-refractivity contribution >= 4 is 17.6 Å². The van der Waals surface area contributed by atoms with E-state index in [-0.39, 0.29) is 12.5 Å². The number of carbonyl (C=O) groups excluding carboxylic acids is 1. The molecular formula is C21H28N6O2. The zero-order valence-corrected chi connectivity index (χ0v) is 17.0. The molecule has 1 aliphatic heterocycles. The molecule has 2 aliphatic rings. The quantitative estimate of drug-likeness (QED) is 0.616. The highest BCUT2D eigenvalue weighted by molar-refractivity contribution is 5.98. The van der Waals surface area contributed by atoms with Gasteiger partial charge in [-0.05, 0) is 25.3 Å². The second kappa shape index (κ2) is 8.55. The van der Waals surface area contributed by atoms with Crippen molar-refractivity contribution in [1.82, 2.24) is 20.0 Å². The molecule has 1 aromatic carbocycles. The minimum Gasteiger partial charge on any atom is -0.490 e. The predicted molar refractivity (Wildman–Crippen MR) is 112 cm³/mol. The summed E-state index contributed by atoms with van der Waals surface area (Å²) >= 11 is 0. The van der Waals surface area contributed by atoms with Crippen molar-refractivity contribution in [2.45, 2.75) is 31.9 Å². The monoisotopic (exact) mass is 396 g/mol. The third kappa shape index (κ3) is 4.36. The Morgan fingerprint density at radius 1 is 1.31 bits per heavy atom. The summed E-state index contributed by atoms with van der Waals surface area (Å²) < 4.78 is 7.82. The summed E-state index contributed by atoms with van der Waals surface area (Å²) in [6.45, 7) is 2.20. The Morgan fingerprint density at radius 2 is 2.14 bits per heavy atom. The minimum atomic E-state index is 0.0425. The smallest absolute Gasteiger partial charge is 0.246 e. The molecule has 1 aliphatic carbocycles. The number of piperazine rings is 1. The van der Waals surface area contributed by atoms with E-state index in [2.05, 4.69) is 21.5 Å². The first-order chi connectivity index (χ1) is 14.1. The van der Waals surface area contributed by atoms with Crippen LogP contribution in [0.2, 0.25) is 0 Å². The van der Waals surface area contributed by atoms with E-state index in [1.54, 1.807) is 22.8 Å². The average Bonchev–Trinajstić information content (AvgIpc) is 3.12. The summed E-state index contributed by atoms with van der Waals surface area (Å²) in [6, 6.07) is 8.11. The van der Waals surface area contributed by atoms with Crippen LogP contribution in [0.5, 0.6) is 5.75 Å². The molecule has 0 unspecified atom stereocenters. The molecule has 8 heteroatoms. The van der Waals surface area contributed by atoms with Crippen LogP contribution in [0.25, 0.3) is 0 Å². The Morgan fingerprint density at radius 3 is 2.79 bits per heavy atom. The van der Waals surface area contributed by atoms with Gasteiger partial charge in [-0.15, -0.1) is 0 Å². The number of ether oxygens (including phenoxy) is 1. The van der Waals surface area contributed by atoms with Gasteiger partial charge in [0.25, 0.3) is 0 Å². The van der Waals surface area contributed by atoms with Gasteiger partial charge in [-0.2, -0.15) is 5.10 Å². The lowest BCUT2D eigenvalue weighted by Crippen LogP contribution is -2.55. The number of hydrogen-bond acceptors (Lipinski definition) is 4. The second-order valence-corrected chi connectivity index (χ2v) is 7.52. The van der Waals surface area contributed by atoms with Crippen LogP contribution in [-0.2, 0) is 18.4 Å². The van der Waals surface area contributed by atoms with E-state index in [4.69, 9.17) is 4.74 Å². The first-order valence-corrected chi connectivity index (χ1v) is 10.1. The molecule has 1 aromatic heterocycles. The highest BCUT2D eigenvalue weighted by Gasteiger charge is 2.28. The number of benzene rings is 1.